The minimum Gasteiger partial charge on any atom is -0.413 e. The number of carbonyl (C=O) groups is 1. The largest absolute Gasteiger partial charge is 0.413 e. The molecule has 3 unspecified atom stereocenters. The Morgan fingerprint density at radius 2 is 1.06 bits per heavy atom. The molecule has 5 atom stereocenters. The molecule has 4 aromatic carbocycles. The van der Waals surface area contributed by atoms with Gasteiger partial charge in [-0.2, -0.15) is 0 Å². The van der Waals surface area contributed by atoms with E-state index in [2.05, 4.69) is 33.9 Å². The van der Waals surface area contributed by atoms with Gasteiger partial charge in [0.1, 0.15) is 24.4 Å². The van der Waals surface area contributed by atoms with Crippen LogP contribution in [-0.4, -0.2) is 57.8 Å². The number of benzene rings is 4. The standard InChI is InChI=1S/C42H52O7Si/c1-41(2,3)50(4,5)48-32-42(31-43)40(47-29-36-24-16-9-17-25-36)39(46-28-35-22-14-8-15-23-35)38(45-27-34-20-12-7-13-21-34)37(49-42)30-44-26-33-18-10-6-11-19-33/h6-25,31,37-40H,26-30,32H2,1-5H3/t37?,38-,39?,40?,42-/m0/s1. The minimum atomic E-state index is -2.33. The fourth-order valence-electron chi connectivity index (χ4n) is 5.74. The van der Waals surface area contributed by atoms with Gasteiger partial charge in [0, 0.05) is 0 Å². The molecule has 0 aliphatic carbocycles. The van der Waals surface area contributed by atoms with E-state index in [0.717, 1.165) is 28.5 Å². The average molecular weight is 697 g/mol. The van der Waals surface area contributed by atoms with Crippen molar-refractivity contribution in [3.05, 3.63) is 144 Å². The van der Waals surface area contributed by atoms with Crippen molar-refractivity contribution < 1.29 is 32.9 Å². The summed E-state index contributed by atoms with van der Waals surface area (Å²) in [5.41, 5.74) is 2.50. The Morgan fingerprint density at radius 1 is 0.640 bits per heavy atom. The fourth-order valence-corrected chi connectivity index (χ4v) is 6.76. The topological polar surface area (TPSA) is 72.5 Å². The van der Waals surface area contributed by atoms with E-state index < -0.39 is 38.3 Å². The molecule has 0 bridgehead atoms. The van der Waals surface area contributed by atoms with Crippen LogP contribution >= 0.6 is 0 Å². The van der Waals surface area contributed by atoms with E-state index >= 15 is 0 Å². The molecule has 0 N–H and O–H groups in total. The summed E-state index contributed by atoms with van der Waals surface area (Å²) in [6.45, 7) is 12.3. The third kappa shape index (κ3) is 10.1. The molecular formula is C42H52O7Si. The van der Waals surface area contributed by atoms with Gasteiger partial charge in [-0.1, -0.05) is 142 Å². The highest BCUT2D eigenvalue weighted by atomic mass is 28.4. The Morgan fingerprint density at radius 3 is 1.50 bits per heavy atom. The van der Waals surface area contributed by atoms with Crippen LogP contribution in [0.1, 0.15) is 43.0 Å². The van der Waals surface area contributed by atoms with E-state index in [1.807, 2.05) is 121 Å². The van der Waals surface area contributed by atoms with Crippen LogP contribution in [0, 0.1) is 0 Å². The second kappa shape index (κ2) is 17.6. The second-order valence-electron chi connectivity index (χ2n) is 14.5. The number of ether oxygens (including phenoxy) is 5. The summed E-state index contributed by atoms with van der Waals surface area (Å²) in [6.07, 6.45) is -2.04. The molecule has 50 heavy (non-hydrogen) atoms. The Bertz CT molecular complexity index is 1560. The molecule has 1 aliphatic rings. The maximum atomic E-state index is 13.6. The van der Waals surface area contributed by atoms with Crippen molar-refractivity contribution in [2.24, 2.45) is 0 Å². The van der Waals surface area contributed by atoms with E-state index in [4.69, 9.17) is 28.1 Å². The van der Waals surface area contributed by atoms with Crippen LogP contribution < -0.4 is 0 Å². The second-order valence-corrected chi connectivity index (χ2v) is 19.3. The normalized spacial score (nSPS) is 22.7. The van der Waals surface area contributed by atoms with Crippen LogP contribution in [-0.2, 0) is 59.3 Å². The lowest BCUT2D eigenvalue weighted by molar-refractivity contribution is -0.300. The van der Waals surface area contributed by atoms with Gasteiger partial charge in [0.05, 0.1) is 39.6 Å². The van der Waals surface area contributed by atoms with Gasteiger partial charge in [-0.05, 0) is 40.4 Å². The number of rotatable bonds is 17. The lowest BCUT2D eigenvalue weighted by atomic mass is 9.85. The molecule has 1 heterocycles. The number of hydrogen-bond acceptors (Lipinski definition) is 7. The van der Waals surface area contributed by atoms with Gasteiger partial charge in [-0.25, -0.2) is 0 Å². The monoisotopic (exact) mass is 696 g/mol. The molecule has 1 fully saturated rings. The van der Waals surface area contributed by atoms with Crippen molar-refractivity contribution in [2.45, 2.75) is 95.3 Å². The fraction of sp³-hybridized carbons (Fsp3) is 0.405. The predicted octanol–water partition coefficient (Wildman–Crippen LogP) is 8.32. The summed E-state index contributed by atoms with van der Waals surface area (Å²) in [5.74, 6) is 0. The highest BCUT2D eigenvalue weighted by Gasteiger charge is 2.58. The smallest absolute Gasteiger partial charge is 0.192 e. The molecule has 8 heteroatoms. The first kappa shape index (κ1) is 37.8. The summed E-state index contributed by atoms with van der Waals surface area (Å²) < 4.78 is 40.4. The zero-order valence-corrected chi connectivity index (χ0v) is 31.0. The Labute approximate surface area is 299 Å². The van der Waals surface area contributed by atoms with Crippen LogP contribution in [0.2, 0.25) is 18.1 Å². The van der Waals surface area contributed by atoms with E-state index in [9.17, 15) is 4.79 Å². The number of aldehydes is 1. The van der Waals surface area contributed by atoms with Crippen LogP contribution in [0.25, 0.3) is 0 Å². The lowest BCUT2D eigenvalue weighted by Gasteiger charge is -2.51. The molecule has 1 aliphatic heterocycles. The molecule has 7 nitrogen and oxygen atoms in total. The average Bonchev–Trinajstić information content (AvgIpc) is 3.13. The predicted molar refractivity (Wildman–Crippen MR) is 198 cm³/mol. The lowest BCUT2D eigenvalue weighted by Crippen LogP contribution is -2.70. The van der Waals surface area contributed by atoms with Crippen molar-refractivity contribution in [1.82, 2.24) is 0 Å². The van der Waals surface area contributed by atoms with Crippen molar-refractivity contribution in [3.63, 3.8) is 0 Å². The summed E-state index contributed by atoms with van der Waals surface area (Å²) in [7, 11) is -2.33. The highest BCUT2D eigenvalue weighted by molar-refractivity contribution is 6.74. The molecular weight excluding hydrogens is 645 g/mol. The summed E-state index contributed by atoms with van der Waals surface area (Å²) in [6, 6.07) is 39.9. The van der Waals surface area contributed by atoms with Gasteiger partial charge in [-0.3, -0.25) is 4.79 Å². The van der Waals surface area contributed by atoms with Gasteiger partial charge < -0.3 is 28.1 Å². The van der Waals surface area contributed by atoms with Gasteiger partial charge in [0.25, 0.3) is 0 Å². The van der Waals surface area contributed by atoms with E-state index in [-0.39, 0.29) is 31.5 Å². The zero-order valence-electron chi connectivity index (χ0n) is 30.0. The molecule has 0 saturated carbocycles. The van der Waals surface area contributed by atoms with Crippen LogP contribution in [0.5, 0.6) is 0 Å². The van der Waals surface area contributed by atoms with E-state index in [1.54, 1.807) is 0 Å². The van der Waals surface area contributed by atoms with Crippen LogP contribution in [0.3, 0.4) is 0 Å². The van der Waals surface area contributed by atoms with Crippen LogP contribution in [0.4, 0.5) is 0 Å². The van der Waals surface area contributed by atoms with Crippen LogP contribution in [0.15, 0.2) is 121 Å². The number of carbonyl (C=O) groups excluding carboxylic acids is 1. The van der Waals surface area contributed by atoms with Crippen molar-refractivity contribution >= 4 is 14.6 Å². The third-order valence-electron chi connectivity index (χ3n) is 9.74. The summed E-state index contributed by atoms with van der Waals surface area (Å²) in [5, 5.41) is -0.0884. The minimum absolute atomic E-state index is 0.0121. The van der Waals surface area contributed by atoms with Crippen molar-refractivity contribution in [2.75, 3.05) is 13.2 Å². The summed E-state index contributed by atoms with van der Waals surface area (Å²) in [4.78, 5) is 13.6. The molecule has 0 radical (unpaired) electrons. The van der Waals surface area contributed by atoms with Gasteiger partial charge in [0.15, 0.2) is 20.2 Å². The number of hydrogen-bond donors (Lipinski definition) is 0. The third-order valence-corrected chi connectivity index (χ3v) is 14.2. The quantitative estimate of drug-likeness (QED) is 0.0812. The van der Waals surface area contributed by atoms with Gasteiger partial charge in [0.2, 0.25) is 0 Å². The highest BCUT2D eigenvalue weighted by Crippen LogP contribution is 2.41. The maximum Gasteiger partial charge on any atom is 0.192 e. The van der Waals surface area contributed by atoms with E-state index in [0.29, 0.717) is 13.2 Å². The van der Waals surface area contributed by atoms with Gasteiger partial charge >= 0.3 is 0 Å². The molecule has 0 aromatic heterocycles. The first-order valence-corrected chi connectivity index (χ1v) is 20.4. The molecule has 4 aromatic rings. The SMILES string of the molecule is CC(C)(C)[Si](C)(C)OC[C@]1(C=O)OC(COCc2ccccc2)[C@H](OCc2ccccc2)C(OCc2ccccc2)C1OCc1ccccc1. The molecule has 1 saturated heterocycles. The molecule has 266 valence electrons. The summed E-state index contributed by atoms with van der Waals surface area (Å²) >= 11 is 0. The van der Waals surface area contributed by atoms with Crippen molar-refractivity contribution in [1.29, 1.82) is 0 Å². The first-order valence-electron chi connectivity index (χ1n) is 17.5. The molecule has 5 rings (SSSR count). The Hall–Kier alpha value is -3.47. The maximum absolute atomic E-state index is 13.6. The molecule has 0 amide bonds. The van der Waals surface area contributed by atoms with Crippen molar-refractivity contribution in [3.8, 4) is 0 Å². The first-order chi connectivity index (χ1) is 24.1. The van der Waals surface area contributed by atoms with E-state index in [1.165, 1.54) is 0 Å². The Kier molecular flexibility index (Phi) is 13.3. The zero-order chi connectivity index (χ0) is 35.5. The molecule has 0 spiro atoms. The Balaban J connectivity index is 1.53. The van der Waals surface area contributed by atoms with Gasteiger partial charge in [-0.15, -0.1) is 0 Å².